The number of halogens is 1. The average Bonchev–Trinajstić information content (AvgIpc) is 3.16. The molecule has 0 spiro atoms. The number of anilines is 1. The molecule has 1 heterocycles. The Kier molecular flexibility index (Phi) is 8.10. The zero-order valence-electron chi connectivity index (χ0n) is 19.4. The number of ether oxygens (including phenoxy) is 2. The molecule has 1 saturated heterocycles. The number of hydrogen-bond acceptors (Lipinski definition) is 6. The fraction of sp³-hybridized carbons (Fsp3) is 0.222. The predicted molar refractivity (Wildman–Crippen MR) is 142 cm³/mol. The van der Waals surface area contributed by atoms with Crippen molar-refractivity contribution in [2.45, 2.75) is 25.5 Å². The Hall–Kier alpha value is -3.29. The summed E-state index contributed by atoms with van der Waals surface area (Å²) in [7, 11) is 0. The smallest absolute Gasteiger partial charge is 0.247 e. The van der Waals surface area contributed by atoms with Crippen molar-refractivity contribution < 1.29 is 19.1 Å². The van der Waals surface area contributed by atoms with Gasteiger partial charge in [-0.2, -0.15) is 0 Å². The van der Waals surface area contributed by atoms with Gasteiger partial charge in [0.15, 0.2) is 11.0 Å². The first-order valence-electron chi connectivity index (χ1n) is 11.3. The number of carbonyl (C=O) groups excluding carboxylic acids is 2. The first-order valence-corrected chi connectivity index (χ1v) is 12.6. The van der Waals surface area contributed by atoms with Gasteiger partial charge in [-0.1, -0.05) is 23.4 Å². The lowest BCUT2D eigenvalue weighted by Gasteiger charge is -2.17. The maximum atomic E-state index is 13.5. The SMILES string of the molecule is CCOc1ccc(N=C2S[C@@H](CC(=O)c3ccc(Cl)cc3)C(=O)N2c2ccc(OCC)cc2)cc1. The monoisotopic (exact) mass is 508 g/mol. The van der Waals surface area contributed by atoms with Gasteiger partial charge in [0.2, 0.25) is 5.91 Å². The summed E-state index contributed by atoms with van der Waals surface area (Å²) in [6.45, 7) is 4.97. The van der Waals surface area contributed by atoms with E-state index in [0.717, 1.165) is 11.5 Å². The van der Waals surface area contributed by atoms with Crippen LogP contribution in [0.5, 0.6) is 11.5 Å². The van der Waals surface area contributed by atoms with E-state index < -0.39 is 5.25 Å². The van der Waals surface area contributed by atoms with E-state index in [1.807, 2.05) is 62.4 Å². The zero-order valence-corrected chi connectivity index (χ0v) is 21.0. The number of amides is 1. The first-order chi connectivity index (χ1) is 17.0. The first kappa shape index (κ1) is 24.8. The van der Waals surface area contributed by atoms with Gasteiger partial charge >= 0.3 is 0 Å². The van der Waals surface area contributed by atoms with E-state index in [2.05, 4.69) is 0 Å². The molecule has 1 aliphatic heterocycles. The number of rotatable bonds is 9. The second kappa shape index (κ2) is 11.4. The second-order valence-electron chi connectivity index (χ2n) is 7.66. The Morgan fingerprint density at radius 1 is 0.914 bits per heavy atom. The standard InChI is InChI=1S/C27H25ClN2O4S/c1-3-33-22-13-9-20(10-14-22)29-27-30(21-11-15-23(16-12-21)34-4-2)26(32)25(35-27)17-24(31)18-5-7-19(28)8-6-18/h5-16,25H,3-4,17H2,1-2H3/t25-/m0/s1. The number of hydrogen-bond donors (Lipinski definition) is 0. The van der Waals surface area contributed by atoms with Crippen LogP contribution in [-0.2, 0) is 4.79 Å². The molecule has 1 atom stereocenters. The summed E-state index contributed by atoms with van der Waals surface area (Å²) in [4.78, 5) is 32.7. The summed E-state index contributed by atoms with van der Waals surface area (Å²) in [5.74, 6) is 1.16. The summed E-state index contributed by atoms with van der Waals surface area (Å²) in [6.07, 6.45) is 0.0565. The third-order valence-electron chi connectivity index (χ3n) is 5.25. The fourth-order valence-corrected chi connectivity index (χ4v) is 4.87. The molecular weight excluding hydrogens is 484 g/mol. The number of ketones is 1. The van der Waals surface area contributed by atoms with Gasteiger partial charge in [-0.3, -0.25) is 14.5 Å². The van der Waals surface area contributed by atoms with E-state index >= 15 is 0 Å². The van der Waals surface area contributed by atoms with Crippen LogP contribution < -0.4 is 14.4 Å². The van der Waals surface area contributed by atoms with Crippen molar-refractivity contribution in [2.75, 3.05) is 18.1 Å². The van der Waals surface area contributed by atoms with Crippen molar-refractivity contribution in [3.8, 4) is 11.5 Å². The number of Topliss-reactive ketones (excluding diaryl/α,β-unsaturated/α-hetero) is 1. The molecule has 35 heavy (non-hydrogen) atoms. The summed E-state index contributed by atoms with van der Waals surface area (Å²) < 4.78 is 11.0. The van der Waals surface area contributed by atoms with Crippen LogP contribution >= 0.6 is 23.4 Å². The third-order valence-corrected chi connectivity index (χ3v) is 6.64. The van der Waals surface area contributed by atoms with Gasteiger partial charge in [0.25, 0.3) is 0 Å². The molecule has 1 fully saturated rings. The highest BCUT2D eigenvalue weighted by Crippen LogP contribution is 2.36. The lowest BCUT2D eigenvalue weighted by molar-refractivity contribution is -0.116. The van der Waals surface area contributed by atoms with Crippen LogP contribution in [-0.4, -0.2) is 35.3 Å². The summed E-state index contributed by atoms with van der Waals surface area (Å²) in [6, 6.07) is 21.3. The van der Waals surface area contributed by atoms with E-state index in [-0.39, 0.29) is 18.1 Å². The Bertz CT molecular complexity index is 1210. The highest BCUT2D eigenvalue weighted by atomic mass is 35.5. The lowest BCUT2D eigenvalue weighted by atomic mass is 10.1. The maximum absolute atomic E-state index is 13.5. The molecule has 1 amide bonds. The van der Waals surface area contributed by atoms with Crippen molar-refractivity contribution in [1.82, 2.24) is 0 Å². The number of nitrogens with zero attached hydrogens (tertiary/aromatic N) is 2. The average molecular weight is 509 g/mol. The Balaban J connectivity index is 1.62. The fourth-order valence-electron chi connectivity index (χ4n) is 3.59. The molecular formula is C27H25ClN2O4S. The molecule has 8 heteroatoms. The number of thioether (sulfide) groups is 1. The van der Waals surface area contributed by atoms with Crippen LogP contribution in [0, 0.1) is 0 Å². The van der Waals surface area contributed by atoms with Gasteiger partial charge in [0, 0.05) is 17.0 Å². The van der Waals surface area contributed by atoms with Crippen molar-refractivity contribution in [1.29, 1.82) is 0 Å². The van der Waals surface area contributed by atoms with Crippen molar-refractivity contribution in [3.63, 3.8) is 0 Å². The normalized spacial score (nSPS) is 16.5. The Morgan fingerprint density at radius 3 is 2.06 bits per heavy atom. The van der Waals surface area contributed by atoms with E-state index in [4.69, 9.17) is 26.1 Å². The molecule has 0 N–H and O–H groups in total. The van der Waals surface area contributed by atoms with E-state index in [9.17, 15) is 9.59 Å². The molecule has 3 aromatic rings. The molecule has 0 aliphatic carbocycles. The van der Waals surface area contributed by atoms with Gasteiger partial charge < -0.3 is 9.47 Å². The lowest BCUT2D eigenvalue weighted by Crippen LogP contribution is -2.32. The van der Waals surface area contributed by atoms with Gasteiger partial charge in [0.05, 0.1) is 29.8 Å². The number of aliphatic imine (C=N–C) groups is 1. The molecule has 6 nitrogen and oxygen atoms in total. The Labute approximate surface area is 213 Å². The largest absolute Gasteiger partial charge is 0.494 e. The van der Waals surface area contributed by atoms with Crippen LogP contribution in [0.15, 0.2) is 77.8 Å². The number of carbonyl (C=O) groups is 2. The second-order valence-corrected chi connectivity index (χ2v) is 9.27. The van der Waals surface area contributed by atoms with Gasteiger partial charge in [-0.15, -0.1) is 0 Å². The molecule has 0 bridgehead atoms. The van der Waals surface area contributed by atoms with Gasteiger partial charge in [0.1, 0.15) is 11.5 Å². The minimum Gasteiger partial charge on any atom is -0.494 e. The van der Waals surface area contributed by atoms with Crippen molar-refractivity contribution >= 4 is 51.6 Å². The predicted octanol–water partition coefficient (Wildman–Crippen LogP) is 6.55. The van der Waals surface area contributed by atoms with Crippen LogP contribution in [0.1, 0.15) is 30.6 Å². The quantitative estimate of drug-likeness (QED) is 0.307. The van der Waals surface area contributed by atoms with Crippen LogP contribution in [0.2, 0.25) is 5.02 Å². The minimum atomic E-state index is -0.591. The zero-order chi connectivity index (χ0) is 24.8. The van der Waals surface area contributed by atoms with E-state index in [1.54, 1.807) is 29.2 Å². The third kappa shape index (κ3) is 6.05. The van der Waals surface area contributed by atoms with Crippen molar-refractivity contribution in [3.05, 3.63) is 83.4 Å². The molecule has 3 aromatic carbocycles. The van der Waals surface area contributed by atoms with Crippen molar-refractivity contribution in [2.24, 2.45) is 4.99 Å². The van der Waals surface area contributed by atoms with Gasteiger partial charge in [-0.25, -0.2) is 4.99 Å². The molecule has 0 unspecified atom stereocenters. The number of amidine groups is 1. The maximum Gasteiger partial charge on any atom is 0.247 e. The van der Waals surface area contributed by atoms with Crippen LogP contribution in [0.3, 0.4) is 0 Å². The highest BCUT2D eigenvalue weighted by Gasteiger charge is 2.40. The summed E-state index contributed by atoms with van der Waals surface area (Å²) in [5, 5.41) is 0.475. The molecule has 1 aliphatic rings. The highest BCUT2D eigenvalue weighted by molar-refractivity contribution is 8.16. The van der Waals surface area contributed by atoms with E-state index in [0.29, 0.717) is 40.3 Å². The minimum absolute atomic E-state index is 0.0565. The molecule has 0 radical (unpaired) electrons. The molecule has 0 aromatic heterocycles. The van der Waals surface area contributed by atoms with Gasteiger partial charge in [-0.05, 0) is 86.6 Å². The van der Waals surface area contributed by atoms with Crippen LogP contribution in [0.25, 0.3) is 0 Å². The molecule has 0 saturated carbocycles. The summed E-state index contributed by atoms with van der Waals surface area (Å²) >= 11 is 7.23. The van der Waals surface area contributed by atoms with E-state index in [1.165, 1.54) is 11.8 Å². The molecule has 180 valence electrons. The van der Waals surface area contributed by atoms with Crippen LogP contribution in [0.4, 0.5) is 11.4 Å². The molecule has 4 rings (SSSR count). The summed E-state index contributed by atoms with van der Waals surface area (Å²) in [5.41, 5.74) is 1.87. The topological polar surface area (TPSA) is 68.2 Å². The number of benzene rings is 3. The Morgan fingerprint density at radius 2 is 1.49 bits per heavy atom.